The smallest absolute Gasteiger partial charge is 0.160 e. The SMILES string of the molecule is CCCCCCCCC1(CCCCCCCC)c2cc(C)ccc2-c2ccc(-c3cc(-c4cc5sc(C)cc5s4)nc(-c4ccc5sc6cc7oc8ccccc8c7cc6c5c4)n3)cc21. The van der Waals surface area contributed by atoms with Crippen LogP contribution in [0.1, 0.15) is 125 Å². The maximum absolute atomic E-state index is 6.31. The number of aromatic nitrogens is 2. The van der Waals surface area contributed by atoms with Gasteiger partial charge in [0, 0.05) is 61.8 Å². The Hall–Kier alpha value is -5.14. The van der Waals surface area contributed by atoms with E-state index in [4.69, 9.17) is 14.4 Å². The van der Waals surface area contributed by atoms with Gasteiger partial charge in [-0.1, -0.05) is 145 Å². The molecule has 0 atom stereocenters. The van der Waals surface area contributed by atoms with E-state index in [-0.39, 0.29) is 5.41 Å². The Morgan fingerprint density at radius 2 is 1.15 bits per heavy atom. The molecule has 5 aromatic heterocycles. The molecule has 0 amide bonds. The molecule has 5 heterocycles. The van der Waals surface area contributed by atoms with Crippen LogP contribution in [0.4, 0.5) is 0 Å². The van der Waals surface area contributed by atoms with Crippen molar-refractivity contribution in [2.24, 2.45) is 0 Å². The Labute approximate surface area is 395 Å². The van der Waals surface area contributed by atoms with E-state index in [0.29, 0.717) is 0 Å². The fourth-order valence-corrected chi connectivity index (χ4v) is 14.3. The summed E-state index contributed by atoms with van der Waals surface area (Å²) in [7, 11) is 0. The van der Waals surface area contributed by atoms with E-state index in [1.807, 2.05) is 40.1 Å². The Morgan fingerprint density at radius 1 is 0.477 bits per heavy atom. The zero-order valence-electron chi connectivity index (χ0n) is 38.3. The molecule has 0 unspecified atom stereocenters. The van der Waals surface area contributed by atoms with E-state index in [0.717, 1.165) is 44.7 Å². The average molecular weight is 907 g/mol. The van der Waals surface area contributed by atoms with Crippen molar-refractivity contribution in [2.45, 2.75) is 123 Å². The highest BCUT2D eigenvalue weighted by Crippen LogP contribution is 2.55. The van der Waals surface area contributed by atoms with Gasteiger partial charge in [0.15, 0.2) is 5.82 Å². The lowest BCUT2D eigenvalue weighted by Gasteiger charge is -2.33. The first-order valence-electron chi connectivity index (χ1n) is 24.3. The Balaban J connectivity index is 1.04. The second-order valence-corrected chi connectivity index (χ2v) is 22.3. The predicted octanol–water partition coefficient (Wildman–Crippen LogP) is 19.4. The summed E-state index contributed by atoms with van der Waals surface area (Å²) in [6.07, 6.45) is 18.1. The number of furan rings is 1. The van der Waals surface area contributed by atoms with E-state index in [9.17, 15) is 0 Å². The quantitative estimate of drug-likeness (QED) is 0.0855. The van der Waals surface area contributed by atoms with E-state index < -0.39 is 0 Å². The van der Waals surface area contributed by atoms with Gasteiger partial charge in [-0.3, -0.25) is 0 Å². The van der Waals surface area contributed by atoms with E-state index in [1.165, 1.54) is 157 Å². The number of thiophene rings is 3. The van der Waals surface area contributed by atoms with Gasteiger partial charge in [-0.2, -0.15) is 0 Å². The van der Waals surface area contributed by atoms with Gasteiger partial charge < -0.3 is 4.42 Å². The van der Waals surface area contributed by atoms with Crippen LogP contribution < -0.4 is 0 Å². The molecule has 0 fully saturated rings. The lowest BCUT2D eigenvalue weighted by atomic mass is 9.70. The van der Waals surface area contributed by atoms with Gasteiger partial charge in [0.1, 0.15) is 11.2 Å². The first-order chi connectivity index (χ1) is 31.9. The summed E-state index contributed by atoms with van der Waals surface area (Å²) in [6, 6.07) is 41.3. The number of unbranched alkanes of at least 4 members (excludes halogenated alkanes) is 10. The minimum Gasteiger partial charge on any atom is -0.456 e. The molecule has 1 aliphatic carbocycles. The van der Waals surface area contributed by atoms with Gasteiger partial charge in [-0.05, 0) is 110 Å². The number of hydrogen-bond donors (Lipinski definition) is 0. The minimum absolute atomic E-state index is 0.00630. The molecule has 0 saturated carbocycles. The molecule has 10 aromatic rings. The summed E-state index contributed by atoms with van der Waals surface area (Å²) in [4.78, 5) is 13.5. The van der Waals surface area contributed by atoms with Crippen molar-refractivity contribution in [2.75, 3.05) is 0 Å². The van der Waals surface area contributed by atoms with Crippen LogP contribution in [0, 0.1) is 13.8 Å². The summed E-state index contributed by atoms with van der Waals surface area (Å²) < 4.78 is 11.4. The maximum Gasteiger partial charge on any atom is 0.160 e. The number of para-hydroxylation sites is 1. The molecule has 1 aliphatic rings. The van der Waals surface area contributed by atoms with Crippen LogP contribution in [-0.4, -0.2) is 9.97 Å². The van der Waals surface area contributed by atoms with Crippen LogP contribution in [0.15, 0.2) is 114 Å². The fraction of sp³-hybridized carbons (Fsp3) is 0.322. The lowest BCUT2D eigenvalue weighted by Crippen LogP contribution is -2.25. The van der Waals surface area contributed by atoms with Gasteiger partial charge >= 0.3 is 0 Å². The predicted molar refractivity (Wildman–Crippen MR) is 283 cm³/mol. The molecule has 0 N–H and O–H groups in total. The fourth-order valence-electron chi connectivity index (χ4n) is 10.9. The van der Waals surface area contributed by atoms with Gasteiger partial charge in [-0.25, -0.2) is 9.97 Å². The summed E-state index contributed by atoms with van der Waals surface area (Å²) in [5, 5.41) is 4.79. The molecule has 0 saturated heterocycles. The van der Waals surface area contributed by atoms with Crippen molar-refractivity contribution >= 4 is 85.5 Å². The zero-order valence-corrected chi connectivity index (χ0v) is 40.8. The number of hydrogen-bond acceptors (Lipinski definition) is 6. The summed E-state index contributed by atoms with van der Waals surface area (Å²) in [5.41, 5.74) is 13.3. The number of nitrogens with zero attached hydrogens (tertiary/aromatic N) is 2. The van der Waals surface area contributed by atoms with Crippen molar-refractivity contribution in [1.29, 1.82) is 0 Å². The summed E-state index contributed by atoms with van der Waals surface area (Å²) in [6.45, 7) is 9.12. The monoisotopic (exact) mass is 906 g/mol. The molecular weight excluding hydrogens is 849 g/mol. The van der Waals surface area contributed by atoms with Crippen LogP contribution in [0.25, 0.3) is 95.9 Å². The molecular formula is C59H58N2OS3. The van der Waals surface area contributed by atoms with Gasteiger partial charge in [-0.15, -0.1) is 34.0 Å². The molecule has 0 bridgehead atoms. The highest BCUT2D eigenvalue weighted by Gasteiger charge is 2.42. The second kappa shape index (κ2) is 17.9. The standard InChI is InChI=1S/C59H58N2OS3/c1-5-7-9-11-13-17-27-59(28-18-14-12-10-8-6-2)47-29-37(3)21-24-41(47)42-25-22-39(32-48(42)59)49-34-50(55-36-57-56(65-55)30-38(4)63-57)61-58(60-49)40-23-26-53-45(31-40)46-33-44-43-19-15-16-20-51(43)62-52(44)35-54(46)64-53/h15-16,19-26,29-36H,5-14,17-18,27-28H2,1-4H3. The highest BCUT2D eigenvalue weighted by molar-refractivity contribution is 7.29. The largest absolute Gasteiger partial charge is 0.456 e. The van der Waals surface area contributed by atoms with Crippen LogP contribution in [0.5, 0.6) is 0 Å². The van der Waals surface area contributed by atoms with Crippen LogP contribution in [0.3, 0.4) is 0 Å². The normalized spacial score (nSPS) is 13.3. The van der Waals surface area contributed by atoms with Crippen molar-refractivity contribution in [3.63, 3.8) is 0 Å². The Morgan fingerprint density at radius 3 is 1.94 bits per heavy atom. The van der Waals surface area contributed by atoms with Crippen molar-refractivity contribution in [3.8, 4) is 44.3 Å². The Bertz CT molecular complexity index is 3310. The van der Waals surface area contributed by atoms with Gasteiger partial charge in [0.2, 0.25) is 0 Å². The minimum atomic E-state index is -0.00630. The molecule has 65 heavy (non-hydrogen) atoms. The van der Waals surface area contributed by atoms with E-state index in [1.54, 1.807) is 5.56 Å². The molecule has 0 aliphatic heterocycles. The lowest BCUT2D eigenvalue weighted by molar-refractivity contribution is 0.398. The third-order valence-corrected chi connectivity index (χ3v) is 17.6. The summed E-state index contributed by atoms with van der Waals surface area (Å²) >= 11 is 5.54. The third-order valence-electron chi connectivity index (χ3n) is 14.3. The molecule has 6 heteroatoms. The van der Waals surface area contributed by atoms with Crippen molar-refractivity contribution < 1.29 is 4.42 Å². The molecule has 0 spiro atoms. The first kappa shape index (κ1) is 42.5. The third kappa shape index (κ3) is 7.94. The molecule has 11 rings (SSSR count). The molecule has 3 nitrogen and oxygen atoms in total. The summed E-state index contributed by atoms with van der Waals surface area (Å²) in [5.74, 6) is 0.770. The van der Waals surface area contributed by atoms with Crippen LogP contribution in [-0.2, 0) is 5.41 Å². The van der Waals surface area contributed by atoms with Crippen LogP contribution >= 0.6 is 34.0 Å². The first-order valence-corrected chi connectivity index (χ1v) is 26.8. The second-order valence-electron chi connectivity index (χ2n) is 18.8. The van der Waals surface area contributed by atoms with Crippen molar-refractivity contribution in [3.05, 3.63) is 131 Å². The van der Waals surface area contributed by atoms with E-state index in [2.05, 4.69) is 131 Å². The Kier molecular flexibility index (Phi) is 11.7. The highest BCUT2D eigenvalue weighted by atomic mass is 32.1. The molecule has 0 radical (unpaired) electrons. The van der Waals surface area contributed by atoms with Crippen molar-refractivity contribution in [1.82, 2.24) is 9.97 Å². The van der Waals surface area contributed by atoms with Crippen LogP contribution in [0.2, 0.25) is 0 Å². The van der Waals surface area contributed by atoms with E-state index >= 15 is 0 Å². The number of benzene rings is 5. The molecule has 328 valence electrons. The number of rotatable bonds is 17. The maximum atomic E-state index is 6.31. The topological polar surface area (TPSA) is 38.9 Å². The number of aryl methyl sites for hydroxylation is 2. The van der Waals surface area contributed by atoms with Gasteiger partial charge in [0.05, 0.1) is 16.3 Å². The molecule has 5 aromatic carbocycles. The number of fused-ring (bicyclic) bond motifs is 10. The van der Waals surface area contributed by atoms with Gasteiger partial charge in [0.25, 0.3) is 0 Å². The zero-order chi connectivity index (χ0) is 44.1. The average Bonchev–Trinajstić information content (AvgIpc) is 4.12.